The number of fused-ring (bicyclic) bond motifs is 9. The lowest BCUT2D eigenvalue weighted by Gasteiger charge is -2.12. The van der Waals surface area contributed by atoms with Crippen LogP contribution in [0.5, 0.6) is 0 Å². The van der Waals surface area contributed by atoms with Gasteiger partial charge in [0.05, 0.1) is 22.1 Å². The zero-order chi connectivity index (χ0) is 37.5. The summed E-state index contributed by atoms with van der Waals surface area (Å²) in [4.78, 5) is 0. The summed E-state index contributed by atoms with van der Waals surface area (Å²) in [7, 11) is 0. The van der Waals surface area contributed by atoms with Crippen molar-refractivity contribution in [2.75, 3.05) is 0 Å². The summed E-state index contributed by atoms with van der Waals surface area (Å²) in [6, 6.07) is 75.7. The molecule has 3 heterocycles. The molecular weight excluding hydrogens is 709 g/mol. The van der Waals surface area contributed by atoms with Crippen LogP contribution < -0.4 is 0 Å². The first-order valence-corrected chi connectivity index (χ1v) is 20.3. The molecular formula is C54H34N2S. The van der Waals surface area contributed by atoms with Gasteiger partial charge in [0.25, 0.3) is 0 Å². The van der Waals surface area contributed by atoms with E-state index in [9.17, 15) is 0 Å². The summed E-state index contributed by atoms with van der Waals surface area (Å²) in [6.45, 7) is 0. The Morgan fingerprint density at radius 2 is 0.807 bits per heavy atom. The Morgan fingerprint density at radius 1 is 0.281 bits per heavy atom. The van der Waals surface area contributed by atoms with E-state index < -0.39 is 0 Å². The molecule has 0 saturated carbocycles. The maximum Gasteiger partial charge on any atom is 0.0541 e. The minimum atomic E-state index is 1.16. The number of aromatic nitrogens is 2. The van der Waals surface area contributed by atoms with Crippen molar-refractivity contribution in [1.29, 1.82) is 0 Å². The predicted octanol–water partition coefficient (Wildman–Crippen LogP) is 15.2. The highest BCUT2D eigenvalue weighted by molar-refractivity contribution is 7.26. The van der Waals surface area contributed by atoms with Gasteiger partial charge in [-0.1, -0.05) is 127 Å². The lowest BCUT2D eigenvalue weighted by molar-refractivity contribution is 1.18. The molecule has 0 aliphatic carbocycles. The quantitative estimate of drug-likeness (QED) is 0.166. The van der Waals surface area contributed by atoms with E-state index in [1.165, 1.54) is 103 Å². The predicted molar refractivity (Wildman–Crippen MR) is 244 cm³/mol. The number of benzene rings is 9. The Hall–Kier alpha value is -7.20. The van der Waals surface area contributed by atoms with Crippen molar-refractivity contribution in [2.45, 2.75) is 0 Å². The van der Waals surface area contributed by atoms with Crippen LogP contribution in [0, 0.1) is 0 Å². The first-order chi connectivity index (χ1) is 28.3. The fourth-order valence-electron chi connectivity index (χ4n) is 9.13. The molecule has 9 aromatic carbocycles. The normalized spacial score (nSPS) is 11.9. The minimum Gasteiger partial charge on any atom is -0.309 e. The van der Waals surface area contributed by atoms with Crippen molar-refractivity contribution in [3.8, 4) is 44.8 Å². The Morgan fingerprint density at radius 3 is 1.54 bits per heavy atom. The third-order valence-corrected chi connectivity index (χ3v) is 12.8. The molecule has 0 bridgehead atoms. The molecule has 0 N–H and O–H groups in total. The zero-order valence-corrected chi connectivity index (χ0v) is 31.7. The van der Waals surface area contributed by atoms with Crippen molar-refractivity contribution < 1.29 is 0 Å². The van der Waals surface area contributed by atoms with Crippen molar-refractivity contribution >= 4 is 75.1 Å². The van der Waals surface area contributed by atoms with Gasteiger partial charge < -0.3 is 9.13 Å². The summed E-state index contributed by atoms with van der Waals surface area (Å²) >= 11 is 1.89. The van der Waals surface area contributed by atoms with Crippen LogP contribution in [-0.2, 0) is 0 Å². The van der Waals surface area contributed by atoms with E-state index in [4.69, 9.17) is 0 Å². The van der Waals surface area contributed by atoms with Gasteiger partial charge in [0, 0.05) is 53.1 Å². The Kier molecular flexibility index (Phi) is 7.13. The lowest BCUT2D eigenvalue weighted by Crippen LogP contribution is -1.94. The number of nitrogens with zero attached hydrogens (tertiary/aromatic N) is 2. The van der Waals surface area contributed by atoms with E-state index >= 15 is 0 Å². The molecule has 0 amide bonds. The second kappa shape index (κ2) is 12.7. The molecule has 0 unspecified atom stereocenters. The number of hydrogen-bond acceptors (Lipinski definition) is 1. The molecule has 3 aromatic heterocycles. The second-order valence-corrected chi connectivity index (χ2v) is 16.0. The van der Waals surface area contributed by atoms with Gasteiger partial charge in [0.1, 0.15) is 0 Å². The van der Waals surface area contributed by atoms with Crippen LogP contribution in [0.3, 0.4) is 0 Å². The minimum absolute atomic E-state index is 1.16. The van der Waals surface area contributed by atoms with Crippen LogP contribution in [0.1, 0.15) is 0 Å². The van der Waals surface area contributed by atoms with Crippen molar-refractivity contribution in [2.24, 2.45) is 0 Å². The maximum atomic E-state index is 2.43. The molecule has 0 aliphatic rings. The topological polar surface area (TPSA) is 9.86 Å². The molecule has 0 aliphatic heterocycles. The molecule has 2 nitrogen and oxygen atoms in total. The standard InChI is InChI=1S/C54H34N2S/c1-3-14-35(15-4-1)36-16-13-19-41(30-36)56-49-24-11-8-20-42(49)46-31-37(26-28-51(46)56)39-33-45(54-44-22-9-12-25-52(44)57-53(54)34-39)38-27-29-50-47(32-38)43-21-7-10-23-48(43)55(50)40-17-5-2-6-18-40/h1-34H. The van der Waals surface area contributed by atoms with E-state index in [0.717, 1.165) is 5.69 Å². The summed E-state index contributed by atoms with van der Waals surface area (Å²) in [5.41, 5.74) is 14.5. The summed E-state index contributed by atoms with van der Waals surface area (Å²) < 4.78 is 7.42. The Labute approximate surface area is 333 Å². The maximum absolute atomic E-state index is 2.43. The van der Waals surface area contributed by atoms with Crippen molar-refractivity contribution in [1.82, 2.24) is 9.13 Å². The van der Waals surface area contributed by atoms with Crippen LogP contribution in [-0.4, -0.2) is 9.13 Å². The third kappa shape index (κ3) is 5.03. The van der Waals surface area contributed by atoms with E-state index in [0.29, 0.717) is 0 Å². The number of hydrogen-bond donors (Lipinski definition) is 0. The average molecular weight is 743 g/mol. The van der Waals surface area contributed by atoms with Gasteiger partial charge in [-0.3, -0.25) is 0 Å². The second-order valence-electron chi connectivity index (χ2n) is 14.9. The van der Waals surface area contributed by atoms with E-state index in [1.54, 1.807) is 0 Å². The Balaban J connectivity index is 1.07. The van der Waals surface area contributed by atoms with Crippen LogP contribution in [0.15, 0.2) is 206 Å². The molecule has 3 heteroatoms. The molecule has 0 radical (unpaired) electrons. The van der Waals surface area contributed by atoms with Gasteiger partial charge in [-0.15, -0.1) is 11.3 Å². The number of para-hydroxylation sites is 3. The van der Waals surface area contributed by atoms with Crippen LogP contribution in [0.2, 0.25) is 0 Å². The van der Waals surface area contributed by atoms with E-state index in [2.05, 4.69) is 215 Å². The molecule has 12 aromatic rings. The van der Waals surface area contributed by atoms with Gasteiger partial charge in [-0.2, -0.15) is 0 Å². The molecule has 266 valence electrons. The summed E-state index contributed by atoms with van der Waals surface area (Å²) in [6.07, 6.45) is 0. The highest BCUT2D eigenvalue weighted by Crippen LogP contribution is 2.45. The fourth-order valence-corrected chi connectivity index (χ4v) is 10.3. The van der Waals surface area contributed by atoms with Crippen LogP contribution in [0.25, 0.3) is 109 Å². The van der Waals surface area contributed by atoms with Gasteiger partial charge >= 0.3 is 0 Å². The highest BCUT2D eigenvalue weighted by atomic mass is 32.1. The van der Waals surface area contributed by atoms with Crippen molar-refractivity contribution in [3.63, 3.8) is 0 Å². The SMILES string of the molecule is c1ccc(-c2cccc(-n3c4ccccc4c4cc(-c5cc(-c6ccc7c(c6)c6ccccc6n7-c6ccccc6)c6c(c5)sc5ccccc56)ccc43)c2)cc1. The molecule has 0 fully saturated rings. The zero-order valence-electron chi connectivity index (χ0n) is 30.9. The number of rotatable bonds is 5. The molecule has 12 rings (SSSR count). The lowest BCUT2D eigenvalue weighted by atomic mass is 9.93. The van der Waals surface area contributed by atoms with Gasteiger partial charge in [-0.05, 0) is 112 Å². The molecule has 0 atom stereocenters. The molecule has 0 saturated heterocycles. The third-order valence-electron chi connectivity index (χ3n) is 11.7. The molecule has 57 heavy (non-hydrogen) atoms. The monoisotopic (exact) mass is 742 g/mol. The Bertz CT molecular complexity index is 3510. The van der Waals surface area contributed by atoms with Gasteiger partial charge in [0.15, 0.2) is 0 Å². The first-order valence-electron chi connectivity index (χ1n) is 19.5. The average Bonchev–Trinajstić information content (AvgIpc) is 3.94. The highest BCUT2D eigenvalue weighted by Gasteiger charge is 2.19. The summed E-state index contributed by atoms with van der Waals surface area (Å²) in [5, 5.41) is 7.65. The molecule has 0 spiro atoms. The van der Waals surface area contributed by atoms with Crippen LogP contribution >= 0.6 is 11.3 Å². The first kappa shape index (κ1) is 32.1. The van der Waals surface area contributed by atoms with Crippen LogP contribution in [0.4, 0.5) is 0 Å². The van der Waals surface area contributed by atoms with E-state index in [-0.39, 0.29) is 0 Å². The van der Waals surface area contributed by atoms with E-state index in [1.807, 2.05) is 11.3 Å². The largest absolute Gasteiger partial charge is 0.309 e. The van der Waals surface area contributed by atoms with Crippen molar-refractivity contribution in [3.05, 3.63) is 206 Å². The smallest absolute Gasteiger partial charge is 0.0541 e. The van der Waals surface area contributed by atoms with Gasteiger partial charge in [-0.25, -0.2) is 0 Å². The van der Waals surface area contributed by atoms with Gasteiger partial charge in [0.2, 0.25) is 0 Å². The fraction of sp³-hybridized carbons (Fsp3) is 0. The number of thiophene rings is 1. The summed E-state index contributed by atoms with van der Waals surface area (Å²) in [5.74, 6) is 0.